The molecule has 0 saturated heterocycles. The summed E-state index contributed by atoms with van der Waals surface area (Å²) in [7, 11) is 0. The predicted molar refractivity (Wildman–Crippen MR) is 79.1 cm³/mol. The summed E-state index contributed by atoms with van der Waals surface area (Å²) in [6, 6.07) is 10.6. The van der Waals surface area contributed by atoms with Gasteiger partial charge in [-0.2, -0.15) is 0 Å². The summed E-state index contributed by atoms with van der Waals surface area (Å²) < 4.78 is 0. The molecule has 19 heavy (non-hydrogen) atoms. The van der Waals surface area contributed by atoms with Gasteiger partial charge in [0.2, 0.25) is 0 Å². The molecule has 0 fully saturated rings. The molecule has 0 atom stereocenters. The van der Waals surface area contributed by atoms with Crippen LogP contribution in [-0.2, 0) is 6.42 Å². The molecule has 2 aromatic heterocycles. The first-order valence-electron chi connectivity index (χ1n) is 6.58. The average Bonchev–Trinajstić information content (AvgIpc) is 2.47. The molecule has 0 saturated carbocycles. The number of aromatic nitrogens is 2. The Hall–Kier alpha value is -2.22. The molecular formula is C17H16N2. The Kier molecular flexibility index (Phi) is 3.00. The van der Waals surface area contributed by atoms with E-state index in [1.807, 2.05) is 18.5 Å². The summed E-state index contributed by atoms with van der Waals surface area (Å²) in [6.45, 7) is 4.27. The van der Waals surface area contributed by atoms with Crippen LogP contribution in [0.15, 0.2) is 48.9 Å². The second-order valence-corrected chi connectivity index (χ2v) is 4.77. The molecule has 0 unspecified atom stereocenters. The molecule has 0 spiro atoms. The minimum atomic E-state index is 1.01. The van der Waals surface area contributed by atoms with Crippen LogP contribution in [0.3, 0.4) is 0 Å². The fourth-order valence-corrected chi connectivity index (χ4v) is 2.42. The second kappa shape index (κ2) is 4.81. The first-order chi connectivity index (χ1) is 9.29. The van der Waals surface area contributed by atoms with E-state index in [2.05, 4.69) is 48.1 Å². The van der Waals surface area contributed by atoms with Crippen molar-refractivity contribution in [1.29, 1.82) is 0 Å². The van der Waals surface area contributed by atoms with E-state index >= 15 is 0 Å². The largest absolute Gasteiger partial charge is 0.264 e. The van der Waals surface area contributed by atoms with E-state index in [-0.39, 0.29) is 0 Å². The van der Waals surface area contributed by atoms with Crippen molar-refractivity contribution < 1.29 is 0 Å². The Balaban J connectivity index is 2.31. The first-order valence-corrected chi connectivity index (χ1v) is 6.58. The van der Waals surface area contributed by atoms with Crippen LogP contribution in [-0.4, -0.2) is 9.97 Å². The van der Waals surface area contributed by atoms with Gasteiger partial charge in [-0.3, -0.25) is 9.97 Å². The lowest BCUT2D eigenvalue weighted by Crippen LogP contribution is -1.91. The highest BCUT2D eigenvalue weighted by atomic mass is 14.7. The quantitative estimate of drug-likeness (QED) is 0.680. The smallest absolute Gasteiger partial charge is 0.0783 e. The summed E-state index contributed by atoms with van der Waals surface area (Å²) in [5.41, 5.74) is 5.88. The molecule has 1 aromatic carbocycles. The molecular weight excluding hydrogens is 232 g/mol. The zero-order valence-electron chi connectivity index (χ0n) is 11.2. The molecule has 3 aromatic rings. The summed E-state index contributed by atoms with van der Waals surface area (Å²) in [4.78, 5) is 8.88. The lowest BCUT2D eigenvalue weighted by Gasteiger charge is -2.10. The summed E-state index contributed by atoms with van der Waals surface area (Å²) in [6.07, 6.45) is 6.68. The topological polar surface area (TPSA) is 25.8 Å². The maximum Gasteiger partial charge on any atom is 0.0783 e. The Bertz CT molecular complexity index is 718. The van der Waals surface area contributed by atoms with Gasteiger partial charge in [-0.15, -0.1) is 0 Å². The maximum atomic E-state index is 4.66. The van der Waals surface area contributed by atoms with E-state index in [4.69, 9.17) is 0 Å². The minimum absolute atomic E-state index is 1.01. The fourth-order valence-electron chi connectivity index (χ4n) is 2.42. The number of hydrogen-bond acceptors (Lipinski definition) is 2. The second-order valence-electron chi connectivity index (χ2n) is 4.77. The van der Waals surface area contributed by atoms with Crippen LogP contribution in [0.2, 0.25) is 0 Å². The molecule has 2 heterocycles. The van der Waals surface area contributed by atoms with Gasteiger partial charge in [0.05, 0.1) is 5.52 Å². The van der Waals surface area contributed by atoms with Crippen molar-refractivity contribution in [2.75, 3.05) is 0 Å². The molecule has 0 aliphatic rings. The van der Waals surface area contributed by atoms with E-state index in [0.29, 0.717) is 0 Å². The van der Waals surface area contributed by atoms with E-state index < -0.39 is 0 Å². The normalized spacial score (nSPS) is 10.8. The van der Waals surface area contributed by atoms with Gasteiger partial charge in [0.25, 0.3) is 0 Å². The molecule has 94 valence electrons. The van der Waals surface area contributed by atoms with Crippen molar-refractivity contribution >= 4 is 10.9 Å². The molecule has 0 aliphatic carbocycles. The molecule has 0 amide bonds. The zero-order chi connectivity index (χ0) is 13.2. The average molecular weight is 248 g/mol. The van der Waals surface area contributed by atoms with Crippen molar-refractivity contribution in [2.24, 2.45) is 0 Å². The van der Waals surface area contributed by atoms with Gasteiger partial charge >= 0.3 is 0 Å². The SMILES string of the molecule is CCc1cnc2c(-c3cccnc3)c(C)ccc2c1. The summed E-state index contributed by atoms with van der Waals surface area (Å²) in [5.74, 6) is 0. The number of hydrogen-bond donors (Lipinski definition) is 0. The van der Waals surface area contributed by atoms with Crippen LogP contribution < -0.4 is 0 Å². The molecule has 2 nitrogen and oxygen atoms in total. The number of pyridine rings is 2. The van der Waals surface area contributed by atoms with Crippen LogP contribution >= 0.6 is 0 Å². The van der Waals surface area contributed by atoms with Gasteiger partial charge in [-0.1, -0.05) is 25.1 Å². The number of benzene rings is 1. The Morgan fingerprint density at radius 1 is 1.11 bits per heavy atom. The van der Waals surface area contributed by atoms with E-state index in [1.54, 1.807) is 6.20 Å². The molecule has 0 N–H and O–H groups in total. The lowest BCUT2D eigenvalue weighted by atomic mass is 9.97. The third-order valence-corrected chi connectivity index (χ3v) is 3.48. The van der Waals surface area contributed by atoms with Crippen molar-refractivity contribution in [2.45, 2.75) is 20.3 Å². The summed E-state index contributed by atoms with van der Waals surface area (Å²) in [5, 5.41) is 1.20. The van der Waals surface area contributed by atoms with E-state index in [9.17, 15) is 0 Å². The van der Waals surface area contributed by atoms with Gasteiger partial charge in [0, 0.05) is 35.1 Å². The van der Waals surface area contributed by atoms with Crippen molar-refractivity contribution in [3.05, 3.63) is 60.0 Å². The van der Waals surface area contributed by atoms with Crippen molar-refractivity contribution in [3.63, 3.8) is 0 Å². The van der Waals surface area contributed by atoms with Crippen LogP contribution in [0.25, 0.3) is 22.0 Å². The highest BCUT2D eigenvalue weighted by molar-refractivity contribution is 5.95. The van der Waals surface area contributed by atoms with Crippen molar-refractivity contribution in [1.82, 2.24) is 9.97 Å². The van der Waals surface area contributed by atoms with Gasteiger partial charge in [-0.05, 0) is 36.6 Å². The third kappa shape index (κ3) is 2.10. The number of nitrogens with zero attached hydrogens (tertiary/aromatic N) is 2. The van der Waals surface area contributed by atoms with E-state index in [1.165, 1.54) is 22.1 Å². The fraction of sp³-hybridized carbons (Fsp3) is 0.176. The standard InChI is InChI=1S/C17H16N2/c1-3-13-9-14-7-6-12(2)16(17(14)19-10-13)15-5-4-8-18-11-15/h4-11H,3H2,1-2H3. The highest BCUT2D eigenvalue weighted by Crippen LogP contribution is 2.30. The lowest BCUT2D eigenvalue weighted by molar-refractivity contribution is 1.12. The molecule has 0 radical (unpaired) electrons. The Morgan fingerprint density at radius 3 is 2.74 bits per heavy atom. The van der Waals surface area contributed by atoms with Gasteiger partial charge in [0.15, 0.2) is 0 Å². The molecule has 2 heteroatoms. The van der Waals surface area contributed by atoms with Gasteiger partial charge in [-0.25, -0.2) is 0 Å². The Labute approximate surface area is 113 Å². The van der Waals surface area contributed by atoms with Gasteiger partial charge < -0.3 is 0 Å². The number of rotatable bonds is 2. The van der Waals surface area contributed by atoms with Crippen LogP contribution in [0.5, 0.6) is 0 Å². The highest BCUT2D eigenvalue weighted by Gasteiger charge is 2.09. The first kappa shape index (κ1) is 11.8. The van der Waals surface area contributed by atoms with Crippen molar-refractivity contribution in [3.8, 4) is 11.1 Å². The third-order valence-electron chi connectivity index (χ3n) is 3.48. The van der Waals surface area contributed by atoms with Crippen LogP contribution in [0.4, 0.5) is 0 Å². The minimum Gasteiger partial charge on any atom is -0.264 e. The molecule has 0 aliphatic heterocycles. The predicted octanol–water partition coefficient (Wildman–Crippen LogP) is 4.17. The van der Waals surface area contributed by atoms with Crippen LogP contribution in [0.1, 0.15) is 18.1 Å². The maximum absolute atomic E-state index is 4.66. The molecule has 3 rings (SSSR count). The summed E-state index contributed by atoms with van der Waals surface area (Å²) >= 11 is 0. The molecule has 0 bridgehead atoms. The zero-order valence-corrected chi connectivity index (χ0v) is 11.2. The number of fused-ring (bicyclic) bond motifs is 1. The van der Waals surface area contributed by atoms with Crippen LogP contribution in [0, 0.1) is 6.92 Å². The van der Waals surface area contributed by atoms with Gasteiger partial charge in [0.1, 0.15) is 0 Å². The Morgan fingerprint density at radius 2 is 2.00 bits per heavy atom. The number of aryl methyl sites for hydroxylation is 2. The van der Waals surface area contributed by atoms with E-state index in [0.717, 1.165) is 17.5 Å². The monoisotopic (exact) mass is 248 g/mol.